The topological polar surface area (TPSA) is 231 Å². The van der Waals surface area contributed by atoms with Gasteiger partial charge in [-0.2, -0.15) is 18.2 Å². The van der Waals surface area contributed by atoms with Crippen LogP contribution in [0.5, 0.6) is 0 Å². The highest BCUT2D eigenvalue weighted by atomic mass is 32.1. The van der Waals surface area contributed by atoms with E-state index in [-0.39, 0.29) is 35.0 Å². The smallest absolute Gasteiger partial charge is 0.222 e. The summed E-state index contributed by atoms with van der Waals surface area (Å²) in [4.78, 5) is 41.6. The van der Waals surface area contributed by atoms with Gasteiger partial charge in [0.05, 0.1) is 47.0 Å². The number of aromatic amines is 1. The van der Waals surface area contributed by atoms with Gasteiger partial charge in [0.25, 0.3) is 0 Å². The van der Waals surface area contributed by atoms with Crippen LogP contribution in [0.1, 0.15) is 191 Å². The molecule has 0 bridgehead atoms. The first-order valence-corrected chi connectivity index (χ1v) is 24.9. The number of rotatable bonds is 8. The molecule has 5 N–H and O–H groups in total. The highest BCUT2D eigenvalue weighted by molar-refractivity contribution is 7.05. The average molecular weight is 999 g/mol. The molecule has 17 nitrogen and oxygen atoms in total. The van der Waals surface area contributed by atoms with Gasteiger partial charge < -0.3 is 19.6 Å². The summed E-state index contributed by atoms with van der Waals surface area (Å²) >= 11 is 2.90. The summed E-state index contributed by atoms with van der Waals surface area (Å²) in [6, 6.07) is 4.11. The number of nitrogens with one attached hydrogen (secondary N) is 5. The number of amidine groups is 1. The van der Waals surface area contributed by atoms with Crippen LogP contribution in [-0.4, -0.2) is 65.2 Å². The fourth-order valence-electron chi connectivity index (χ4n) is 4.70. The third kappa shape index (κ3) is 29.2. The zero-order valence-electron chi connectivity index (χ0n) is 45.7. The van der Waals surface area contributed by atoms with Gasteiger partial charge in [-0.25, -0.2) is 9.98 Å². The molecule has 6 heterocycles. The number of hydrogen-bond acceptors (Lipinski definition) is 16. The largest absolute Gasteiger partial charge is 0.472 e. The summed E-state index contributed by atoms with van der Waals surface area (Å²) in [7, 11) is 3.28. The van der Waals surface area contributed by atoms with Crippen LogP contribution in [0.4, 0.5) is 0 Å². The van der Waals surface area contributed by atoms with Gasteiger partial charge in [0, 0.05) is 65.8 Å². The SMILES string of the molecule is C=C1N=C(C(C)C)NN1.CC(C)c1ncn[nH]1.CNC(=O)C(C)C.CNC(=O)C(C)C.Cc1cc(C(C)C)on1.Cc1cc(C(C)C)sn1.Cc1cocc(C(C)C)c1=O.Cc1nsnc1C(C)C. The van der Waals surface area contributed by atoms with Crippen LogP contribution in [0.2, 0.25) is 0 Å². The highest BCUT2D eigenvalue weighted by Gasteiger charge is 2.10. The maximum atomic E-state index is 11.4. The zero-order chi connectivity index (χ0) is 53.6. The normalized spacial score (nSPS) is 11.2. The van der Waals surface area contributed by atoms with E-state index < -0.39 is 0 Å². The third-order valence-corrected chi connectivity index (χ3v) is 10.8. The fourth-order valence-corrected chi connectivity index (χ4v) is 6.12. The summed E-state index contributed by atoms with van der Waals surface area (Å²) in [5, 5.41) is 15.3. The Labute approximate surface area is 421 Å². The van der Waals surface area contributed by atoms with Gasteiger partial charge in [-0.15, -0.1) is 0 Å². The van der Waals surface area contributed by atoms with Crippen molar-refractivity contribution in [2.75, 3.05) is 14.1 Å². The number of amides is 2. The number of hydrazine groups is 1. The minimum absolute atomic E-state index is 0.0972. The summed E-state index contributed by atoms with van der Waals surface area (Å²) < 4.78 is 22.4. The van der Waals surface area contributed by atoms with Gasteiger partial charge >= 0.3 is 0 Å². The number of carbonyl (C=O) groups is 2. The maximum absolute atomic E-state index is 11.4. The Morgan fingerprint density at radius 2 is 1.26 bits per heavy atom. The molecule has 1 aliphatic heterocycles. The van der Waals surface area contributed by atoms with E-state index in [4.69, 9.17) is 8.94 Å². The molecule has 6 rings (SSSR count). The van der Waals surface area contributed by atoms with E-state index in [1.165, 1.54) is 35.5 Å². The molecule has 19 heteroatoms. The molecule has 0 aliphatic carbocycles. The van der Waals surface area contributed by atoms with Gasteiger partial charge in [0.15, 0.2) is 5.43 Å². The van der Waals surface area contributed by atoms with Gasteiger partial charge in [-0.05, 0) is 63.0 Å². The number of aryl methyl sites for hydroxylation is 4. The molecular weight excluding hydrogens is 913 g/mol. The van der Waals surface area contributed by atoms with Crippen LogP contribution >= 0.6 is 23.3 Å². The van der Waals surface area contributed by atoms with Gasteiger partial charge in [-0.1, -0.05) is 123 Å². The van der Waals surface area contributed by atoms with Crippen LogP contribution in [-0.2, 0) is 9.59 Å². The van der Waals surface area contributed by atoms with Gasteiger partial charge in [0.2, 0.25) is 11.8 Å². The molecule has 0 fully saturated rings. The van der Waals surface area contributed by atoms with Crippen LogP contribution in [0, 0.1) is 45.4 Å². The van der Waals surface area contributed by atoms with Crippen molar-refractivity contribution < 1.29 is 18.5 Å². The second kappa shape index (κ2) is 35.5. The molecular formula is C50H86N12O5S2. The predicted molar refractivity (Wildman–Crippen MR) is 285 cm³/mol. The summed E-state index contributed by atoms with van der Waals surface area (Å²) in [5.74, 6) is 6.73. The average Bonchev–Trinajstić information content (AvgIpc) is 4.15. The van der Waals surface area contributed by atoms with E-state index in [1.807, 2.05) is 68.4 Å². The molecule has 2 amide bonds. The van der Waals surface area contributed by atoms with E-state index in [9.17, 15) is 14.4 Å². The summed E-state index contributed by atoms with van der Waals surface area (Å²) in [6.45, 7) is 43.8. The second-order valence-electron chi connectivity index (χ2n) is 18.3. The van der Waals surface area contributed by atoms with Crippen molar-refractivity contribution in [1.29, 1.82) is 0 Å². The number of aromatic nitrogens is 7. The van der Waals surface area contributed by atoms with Crippen LogP contribution < -0.4 is 26.9 Å². The molecule has 69 heavy (non-hydrogen) atoms. The van der Waals surface area contributed by atoms with E-state index in [2.05, 4.69) is 142 Å². The number of nitrogens with zero attached hydrogens (tertiary/aromatic N) is 7. The van der Waals surface area contributed by atoms with Crippen molar-refractivity contribution in [1.82, 2.24) is 54.9 Å². The molecule has 388 valence electrons. The monoisotopic (exact) mass is 999 g/mol. The Morgan fingerprint density at radius 3 is 1.48 bits per heavy atom. The standard InChI is InChI=1S/C9H12O2.C7H11NO.C7H11NS.C6H11N3.C6H10N2S.C5H9N3.2C5H11NO/c1-6(2)8-5-11-4-7(3)9(8)10;2*1-5(2)7-4-6(3)8-9-7;1-4(2)6-7-5(3)8-9-6;1-4(2)6-5(3)7-9-8-6;1-4(2)5-6-3-7-8-5;2*1-4(2)5(7)6-3/h4-6H,1-3H3;2*4-5H,1-3H3;4,8H,3H2,1-2H3,(H,7,9);4H,1-3H3;3-4H,1-2H3,(H,6,7,8);2*4H,1-3H3,(H,6,7). The minimum Gasteiger partial charge on any atom is -0.472 e. The Morgan fingerprint density at radius 1 is 0.681 bits per heavy atom. The lowest BCUT2D eigenvalue weighted by Gasteiger charge is -2.02. The minimum atomic E-state index is 0.0972. The van der Waals surface area contributed by atoms with Crippen molar-refractivity contribution in [3.05, 3.63) is 104 Å². The Kier molecular flexibility index (Phi) is 33.7. The molecule has 0 radical (unpaired) electrons. The first-order chi connectivity index (χ1) is 32.1. The van der Waals surface area contributed by atoms with E-state index in [0.717, 1.165) is 45.8 Å². The highest BCUT2D eigenvalue weighted by Crippen LogP contribution is 2.19. The van der Waals surface area contributed by atoms with Crippen molar-refractivity contribution in [3.63, 3.8) is 0 Å². The summed E-state index contributed by atoms with van der Waals surface area (Å²) in [6.07, 6.45) is 4.53. The lowest BCUT2D eigenvalue weighted by molar-refractivity contribution is -0.124. The molecule has 5 aromatic rings. The first-order valence-electron chi connectivity index (χ1n) is 23.4. The van der Waals surface area contributed by atoms with Gasteiger partial charge in [0.1, 0.15) is 29.6 Å². The number of H-pyrrole nitrogens is 1. The number of carbonyl (C=O) groups excluding carboxylic acids is 2. The molecule has 0 aromatic carbocycles. The molecule has 0 atom stereocenters. The van der Waals surface area contributed by atoms with Crippen molar-refractivity contribution >= 4 is 40.9 Å². The molecule has 0 saturated heterocycles. The molecule has 1 aliphatic rings. The van der Waals surface area contributed by atoms with E-state index >= 15 is 0 Å². The quantitative estimate of drug-likeness (QED) is 0.0975. The Bertz CT molecular complexity index is 2170. The molecule has 0 saturated carbocycles. The van der Waals surface area contributed by atoms with Crippen LogP contribution in [0.3, 0.4) is 0 Å². The lowest BCUT2D eigenvalue weighted by Crippen LogP contribution is -2.31. The summed E-state index contributed by atoms with van der Waals surface area (Å²) in [5.41, 5.74) is 11.6. The van der Waals surface area contributed by atoms with Crippen molar-refractivity contribution in [2.45, 2.75) is 168 Å². The molecule has 5 aromatic heterocycles. The van der Waals surface area contributed by atoms with Gasteiger partial charge in [-0.3, -0.25) is 30.3 Å². The zero-order valence-corrected chi connectivity index (χ0v) is 47.3. The van der Waals surface area contributed by atoms with Crippen LogP contribution in [0.25, 0.3) is 0 Å². The maximum Gasteiger partial charge on any atom is 0.222 e. The molecule has 0 unspecified atom stereocenters. The first kappa shape index (κ1) is 65.5. The fraction of sp³-hybridized carbons (Fsp3) is 0.600. The number of aliphatic imine (C=N–C) groups is 1. The van der Waals surface area contributed by atoms with Crippen molar-refractivity contribution in [3.8, 4) is 0 Å². The number of hydrogen-bond donors (Lipinski definition) is 5. The Hall–Kier alpha value is -5.56. The van der Waals surface area contributed by atoms with E-state index in [0.29, 0.717) is 41.0 Å². The van der Waals surface area contributed by atoms with Crippen LogP contribution in [0.15, 0.2) is 62.1 Å². The van der Waals surface area contributed by atoms with Crippen molar-refractivity contribution in [2.24, 2.45) is 22.7 Å². The second-order valence-corrected chi connectivity index (χ2v) is 19.7. The third-order valence-electron chi connectivity index (χ3n) is 9.01. The lowest BCUT2D eigenvalue weighted by atomic mass is 10.0. The molecule has 0 spiro atoms. The van der Waals surface area contributed by atoms with E-state index in [1.54, 1.807) is 32.6 Å². The Balaban J connectivity index is 0. The predicted octanol–water partition coefficient (Wildman–Crippen LogP) is 11.0.